The highest BCUT2D eigenvalue weighted by molar-refractivity contribution is 7.15. The molecule has 164 valence electrons. The zero-order chi connectivity index (χ0) is 21.7. The van der Waals surface area contributed by atoms with E-state index in [0.29, 0.717) is 44.3 Å². The van der Waals surface area contributed by atoms with Gasteiger partial charge in [-0.15, -0.1) is 11.3 Å². The summed E-state index contributed by atoms with van der Waals surface area (Å²) in [6.07, 6.45) is 7.14. The Morgan fingerprint density at radius 3 is 2.90 bits per heavy atom. The monoisotopic (exact) mass is 440 g/mol. The number of carbonyl (C=O) groups is 2. The van der Waals surface area contributed by atoms with E-state index in [0.717, 1.165) is 11.3 Å². The van der Waals surface area contributed by atoms with Gasteiger partial charge < -0.3 is 15.0 Å². The zero-order valence-corrected chi connectivity index (χ0v) is 18.6. The molecule has 0 saturated carbocycles. The van der Waals surface area contributed by atoms with Crippen molar-refractivity contribution in [2.75, 3.05) is 44.6 Å². The summed E-state index contributed by atoms with van der Waals surface area (Å²) in [5, 5.41) is 3.45. The van der Waals surface area contributed by atoms with Crippen LogP contribution >= 0.6 is 11.3 Å². The summed E-state index contributed by atoms with van der Waals surface area (Å²) in [5.74, 6) is -0.113. The molecule has 4 rings (SSSR count). The van der Waals surface area contributed by atoms with Crippen LogP contribution < -0.4 is 5.32 Å². The predicted octanol–water partition coefficient (Wildman–Crippen LogP) is 2.49. The highest BCUT2D eigenvalue weighted by Gasteiger charge is 2.46. The summed E-state index contributed by atoms with van der Waals surface area (Å²) < 4.78 is 6.09. The molecule has 1 fully saturated rings. The molecule has 1 spiro atoms. The number of rotatable bonds is 6. The number of ether oxygens (including phenoxy) is 1. The third-order valence-corrected chi connectivity index (χ3v) is 6.46. The van der Waals surface area contributed by atoms with Gasteiger partial charge in [0.05, 0.1) is 13.2 Å². The van der Waals surface area contributed by atoms with Crippen molar-refractivity contribution in [1.82, 2.24) is 14.8 Å². The molecule has 2 aromatic rings. The average molecular weight is 441 g/mol. The van der Waals surface area contributed by atoms with E-state index in [1.165, 1.54) is 16.9 Å². The standard InChI is InChI=1S/C23H28N4O3S/c1-18-15-24-22(31-18)25-20(28)16-26-13-14-30-23(17-26)10-5-6-11-27(21(23)29)12-9-19-7-3-2-4-8-19/h2-8,15H,9-14,16-17H2,1H3,(H,24,25,28)/t23-/m1/s1. The first-order valence-electron chi connectivity index (χ1n) is 10.6. The van der Waals surface area contributed by atoms with Crippen molar-refractivity contribution in [3.63, 3.8) is 0 Å². The Bertz CT molecular complexity index is 945. The van der Waals surface area contributed by atoms with Crippen LogP contribution in [-0.2, 0) is 20.7 Å². The zero-order valence-electron chi connectivity index (χ0n) is 17.8. The molecule has 1 aromatic heterocycles. The van der Waals surface area contributed by atoms with Gasteiger partial charge in [-0.1, -0.05) is 42.5 Å². The van der Waals surface area contributed by atoms with E-state index in [1.54, 1.807) is 6.20 Å². The Hall–Kier alpha value is -2.55. The minimum Gasteiger partial charge on any atom is -0.362 e. The summed E-state index contributed by atoms with van der Waals surface area (Å²) in [7, 11) is 0. The number of nitrogens with one attached hydrogen (secondary N) is 1. The lowest BCUT2D eigenvalue weighted by Crippen LogP contribution is -2.61. The van der Waals surface area contributed by atoms with Crippen LogP contribution in [0.15, 0.2) is 48.7 Å². The maximum Gasteiger partial charge on any atom is 0.256 e. The summed E-state index contributed by atoms with van der Waals surface area (Å²) in [4.78, 5) is 35.1. The second-order valence-electron chi connectivity index (χ2n) is 8.04. The minimum absolute atomic E-state index is 0.00841. The van der Waals surface area contributed by atoms with Gasteiger partial charge in [-0.05, 0) is 18.9 Å². The fourth-order valence-corrected chi connectivity index (χ4v) is 4.73. The summed E-state index contributed by atoms with van der Waals surface area (Å²) in [5.41, 5.74) is 0.276. The number of benzene rings is 1. The summed E-state index contributed by atoms with van der Waals surface area (Å²) in [6, 6.07) is 10.2. The molecule has 2 amide bonds. The Kier molecular flexibility index (Phi) is 6.80. The number of thiazole rings is 1. The van der Waals surface area contributed by atoms with Gasteiger partial charge in [0.1, 0.15) is 0 Å². The number of carbonyl (C=O) groups excluding carboxylic acids is 2. The number of aryl methyl sites for hydroxylation is 1. The topological polar surface area (TPSA) is 74.8 Å². The van der Waals surface area contributed by atoms with Gasteiger partial charge in [0.25, 0.3) is 5.91 Å². The van der Waals surface area contributed by atoms with Crippen LogP contribution in [-0.4, -0.2) is 71.5 Å². The first kappa shape index (κ1) is 21.7. The third-order valence-electron chi connectivity index (χ3n) is 5.63. The van der Waals surface area contributed by atoms with Crippen LogP contribution in [0, 0.1) is 6.92 Å². The number of nitrogens with zero attached hydrogens (tertiary/aromatic N) is 3. The molecule has 1 aromatic carbocycles. The average Bonchev–Trinajstić information content (AvgIpc) is 3.11. The predicted molar refractivity (Wildman–Crippen MR) is 121 cm³/mol. The van der Waals surface area contributed by atoms with Crippen molar-refractivity contribution in [2.45, 2.75) is 25.4 Å². The fraction of sp³-hybridized carbons (Fsp3) is 0.435. The first-order valence-corrected chi connectivity index (χ1v) is 11.4. The maximum atomic E-state index is 13.5. The lowest BCUT2D eigenvalue weighted by atomic mass is 9.95. The van der Waals surface area contributed by atoms with Crippen LogP contribution in [0.25, 0.3) is 0 Å². The van der Waals surface area contributed by atoms with Gasteiger partial charge in [0.2, 0.25) is 5.91 Å². The van der Waals surface area contributed by atoms with Crippen LogP contribution in [0.1, 0.15) is 16.9 Å². The van der Waals surface area contributed by atoms with E-state index < -0.39 is 5.60 Å². The number of hydrogen-bond acceptors (Lipinski definition) is 6. The molecule has 2 aliphatic heterocycles. The molecule has 1 atom stereocenters. The summed E-state index contributed by atoms with van der Waals surface area (Å²) in [6.45, 7) is 4.84. The molecule has 0 bridgehead atoms. The Morgan fingerprint density at radius 1 is 1.29 bits per heavy atom. The Morgan fingerprint density at radius 2 is 2.13 bits per heavy atom. The Labute approximate surface area is 186 Å². The number of hydrogen-bond donors (Lipinski definition) is 1. The molecule has 31 heavy (non-hydrogen) atoms. The molecule has 0 unspecified atom stereocenters. The van der Waals surface area contributed by atoms with E-state index in [-0.39, 0.29) is 18.4 Å². The van der Waals surface area contributed by atoms with Gasteiger partial charge in [-0.25, -0.2) is 4.98 Å². The quantitative estimate of drug-likeness (QED) is 0.699. The molecule has 1 N–H and O–H groups in total. The molecule has 3 heterocycles. The molecule has 2 aliphatic rings. The highest BCUT2D eigenvalue weighted by Crippen LogP contribution is 2.28. The van der Waals surface area contributed by atoms with Crippen molar-refractivity contribution in [2.24, 2.45) is 0 Å². The van der Waals surface area contributed by atoms with Crippen molar-refractivity contribution in [1.29, 1.82) is 0 Å². The van der Waals surface area contributed by atoms with E-state index >= 15 is 0 Å². The van der Waals surface area contributed by atoms with Gasteiger partial charge in [-0.2, -0.15) is 0 Å². The van der Waals surface area contributed by atoms with Gasteiger partial charge >= 0.3 is 0 Å². The van der Waals surface area contributed by atoms with E-state index in [1.807, 2.05) is 47.1 Å². The van der Waals surface area contributed by atoms with Crippen LogP contribution in [0.2, 0.25) is 0 Å². The maximum absolute atomic E-state index is 13.5. The Balaban J connectivity index is 1.39. The molecule has 0 aliphatic carbocycles. The van der Waals surface area contributed by atoms with Crippen molar-refractivity contribution in [3.05, 3.63) is 59.1 Å². The van der Waals surface area contributed by atoms with E-state index in [9.17, 15) is 9.59 Å². The van der Waals surface area contributed by atoms with Crippen molar-refractivity contribution < 1.29 is 14.3 Å². The molecule has 8 heteroatoms. The number of amides is 2. The molecule has 1 saturated heterocycles. The van der Waals surface area contributed by atoms with E-state index in [4.69, 9.17) is 4.74 Å². The van der Waals surface area contributed by atoms with Crippen LogP contribution in [0.3, 0.4) is 0 Å². The highest BCUT2D eigenvalue weighted by atomic mass is 32.1. The minimum atomic E-state index is -0.931. The number of morpholine rings is 1. The number of aromatic nitrogens is 1. The lowest BCUT2D eigenvalue weighted by Gasteiger charge is -2.42. The molecule has 0 radical (unpaired) electrons. The van der Waals surface area contributed by atoms with Gasteiger partial charge in [0, 0.05) is 43.7 Å². The molecular formula is C23H28N4O3S. The first-order chi connectivity index (χ1) is 15.0. The van der Waals surface area contributed by atoms with Crippen LogP contribution in [0.4, 0.5) is 5.13 Å². The van der Waals surface area contributed by atoms with Crippen LogP contribution in [0.5, 0.6) is 0 Å². The molecular weight excluding hydrogens is 412 g/mol. The largest absolute Gasteiger partial charge is 0.362 e. The number of anilines is 1. The fourth-order valence-electron chi connectivity index (χ4n) is 4.05. The van der Waals surface area contributed by atoms with Crippen molar-refractivity contribution >= 4 is 28.3 Å². The second kappa shape index (κ2) is 9.72. The molecule has 7 nitrogen and oxygen atoms in total. The normalized spacial score (nSPS) is 22.0. The summed E-state index contributed by atoms with van der Waals surface area (Å²) >= 11 is 1.45. The van der Waals surface area contributed by atoms with Crippen molar-refractivity contribution in [3.8, 4) is 0 Å². The SMILES string of the molecule is Cc1cnc(NC(=O)CN2CCO[C@]3(CC=CCN(CCc4ccccc4)C3=O)C2)s1. The van der Waals surface area contributed by atoms with Gasteiger partial charge in [0.15, 0.2) is 10.7 Å². The second-order valence-corrected chi connectivity index (χ2v) is 9.27. The smallest absolute Gasteiger partial charge is 0.256 e. The lowest BCUT2D eigenvalue weighted by molar-refractivity contribution is -0.170. The third kappa shape index (κ3) is 5.39. The van der Waals surface area contributed by atoms with Gasteiger partial charge in [-0.3, -0.25) is 14.5 Å². The van der Waals surface area contributed by atoms with E-state index in [2.05, 4.69) is 22.4 Å².